The minimum Gasteiger partial charge on any atom is -0.385 e. The summed E-state index contributed by atoms with van der Waals surface area (Å²) in [7, 11) is 1.65. The molecule has 0 saturated heterocycles. The van der Waals surface area contributed by atoms with Gasteiger partial charge in [-0.1, -0.05) is 12.1 Å². The fourth-order valence-corrected chi connectivity index (χ4v) is 1.78. The predicted molar refractivity (Wildman–Crippen MR) is 72.2 cm³/mol. The molecule has 1 aromatic heterocycles. The van der Waals surface area contributed by atoms with Gasteiger partial charge in [-0.2, -0.15) is 5.26 Å². The van der Waals surface area contributed by atoms with Crippen molar-refractivity contribution in [2.75, 3.05) is 13.7 Å². The minimum atomic E-state index is -0.160. The van der Waals surface area contributed by atoms with Crippen LogP contribution in [0.3, 0.4) is 0 Å². The van der Waals surface area contributed by atoms with Crippen molar-refractivity contribution in [2.24, 2.45) is 5.73 Å². The lowest BCUT2D eigenvalue weighted by molar-refractivity contribution is 0.187. The van der Waals surface area contributed by atoms with Crippen LogP contribution in [0.5, 0.6) is 0 Å². The summed E-state index contributed by atoms with van der Waals surface area (Å²) in [5.41, 5.74) is 8.52. The fourth-order valence-electron chi connectivity index (χ4n) is 1.78. The number of nitrogens with one attached hydrogen (secondary N) is 1. The van der Waals surface area contributed by atoms with Crippen LogP contribution in [0.25, 0.3) is 11.3 Å². The van der Waals surface area contributed by atoms with Crippen molar-refractivity contribution in [2.45, 2.75) is 12.5 Å². The Bertz CT molecular complexity index is 568. The molecule has 0 radical (unpaired) electrons. The van der Waals surface area contributed by atoms with E-state index >= 15 is 0 Å². The van der Waals surface area contributed by atoms with Crippen LogP contribution in [0, 0.1) is 11.3 Å². The van der Waals surface area contributed by atoms with Gasteiger partial charge in [0.25, 0.3) is 0 Å². The molecule has 98 valence electrons. The predicted octanol–water partition coefficient (Wildman–Crippen LogP) is 1.98. The number of nitriles is 1. The van der Waals surface area contributed by atoms with Crippen molar-refractivity contribution < 1.29 is 4.74 Å². The molecule has 19 heavy (non-hydrogen) atoms. The quantitative estimate of drug-likeness (QED) is 0.856. The van der Waals surface area contributed by atoms with Crippen LogP contribution in [0.15, 0.2) is 30.5 Å². The standard InChI is InChI=1S/C14H16N4O/c1-19-7-6-12(16)14-17-9-13(18-14)11-4-2-10(8-15)3-5-11/h2-5,9,12H,6-7,16H2,1H3,(H,17,18). The highest BCUT2D eigenvalue weighted by atomic mass is 16.5. The van der Waals surface area contributed by atoms with Crippen molar-refractivity contribution >= 4 is 0 Å². The molecule has 0 saturated carbocycles. The number of hydrogen-bond acceptors (Lipinski definition) is 4. The molecule has 5 nitrogen and oxygen atoms in total. The average molecular weight is 256 g/mol. The maximum absolute atomic E-state index is 8.76. The summed E-state index contributed by atoms with van der Waals surface area (Å²) >= 11 is 0. The van der Waals surface area contributed by atoms with E-state index in [4.69, 9.17) is 15.7 Å². The number of aromatic nitrogens is 2. The van der Waals surface area contributed by atoms with Gasteiger partial charge in [0.15, 0.2) is 0 Å². The Morgan fingerprint density at radius 1 is 1.42 bits per heavy atom. The zero-order chi connectivity index (χ0) is 13.7. The van der Waals surface area contributed by atoms with Crippen molar-refractivity contribution in [3.05, 3.63) is 41.9 Å². The van der Waals surface area contributed by atoms with Crippen molar-refractivity contribution in [1.82, 2.24) is 9.97 Å². The molecule has 5 heteroatoms. The third kappa shape index (κ3) is 3.19. The molecule has 1 heterocycles. The average Bonchev–Trinajstić information content (AvgIpc) is 2.94. The van der Waals surface area contributed by atoms with Crippen LogP contribution >= 0.6 is 0 Å². The van der Waals surface area contributed by atoms with E-state index in [-0.39, 0.29) is 6.04 Å². The first-order chi connectivity index (χ1) is 9.24. The third-order valence-electron chi connectivity index (χ3n) is 2.90. The van der Waals surface area contributed by atoms with E-state index in [1.165, 1.54) is 0 Å². The number of aromatic amines is 1. The molecule has 0 aliphatic rings. The number of H-pyrrole nitrogens is 1. The Labute approximate surface area is 112 Å². The van der Waals surface area contributed by atoms with Crippen LogP contribution in [-0.4, -0.2) is 23.7 Å². The molecule has 1 aromatic carbocycles. The maximum Gasteiger partial charge on any atom is 0.123 e. The Hall–Kier alpha value is -2.16. The van der Waals surface area contributed by atoms with Crippen LogP contribution < -0.4 is 5.73 Å². The lowest BCUT2D eigenvalue weighted by Crippen LogP contribution is -2.14. The Balaban J connectivity index is 2.13. The lowest BCUT2D eigenvalue weighted by Gasteiger charge is -2.07. The van der Waals surface area contributed by atoms with Gasteiger partial charge in [-0.3, -0.25) is 0 Å². The highest BCUT2D eigenvalue weighted by Gasteiger charge is 2.10. The molecule has 0 aliphatic carbocycles. The van der Waals surface area contributed by atoms with Gasteiger partial charge < -0.3 is 15.5 Å². The van der Waals surface area contributed by atoms with Crippen LogP contribution in [0.2, 0.25) is 0 Å². The molecular weight excluding hydrogens is 240 g/mol. The monoisotopic (exact) mass is 256 g/mol. The number of rotatable bonds is 5. The molecule has 1 atom stereocenters. The van der Waals surface area contributed by atoms with Crippen molar-refractivity contribution in [3.63, 3.8) is 0 Å². The smallest absolute Gasteiger partial charge is 0.123 e. The van der Waals surface area contributed by atoms with Crippen molar-refractivity contribution in [1.29, 1.82) is 5.26 Å². The summed E-state index contributed by atoms with van der Waals surface area (Å²) in [6, 6.07) is 9.26. The van der Waals surface area contributed by atoms with E-state index in [0.29, 0.717) is 12.2 Å². The number of nitrogens with zero attached hydrogens (tertiary/aromatic N) is 2. The van der Waals surface area contributed by atoms with E-state index in [0.717, 1.165) is 23.5 Å². The number of ether oxygens (including phenoxy) is 1. The minimum absolute atomic E-state index is 0.160. The van der Waals surface area contributed by atoms with Gasteiger partial charge in [0.2, 0.25) is 0 Å². The first-order valence-corrected chi connectivity index (χ1v) is 6.04. The summed E-state index contributed by atoms with van der Waals surface area (Å²) in [6.45, 7) is 0.605. The first kappa shape index (κ1) is 13.3. The first-order valence-electron chi connectivity index (χ1n) is 6.04. The van der Waals surface area contributed by atoms with Gasteiger partial charge in [0.1, 0.15) is 5.82 Å². The molecule has 0 bridgehead atoms. The van der Waals surface area contributed by atoms with E-state index < -0.39 is 0 Å². The van der Waals surface area contributed by atoms with Crippen LogP contribution in [0.4, 0.5) is 0 Å². The Morgan fingerprint density at radius 2 is 2.16 bits per heavy atom. The largest absolute Gasteiger partial charge is 0.385 e. The molecule has 0 amide bonds. The molecule has 1 unspecified atom stereocenters. The maximum atomic E-state index is 8.76. The van der Waals surface area contributed by atoms with E-state index in [2.05, 4.69) is 16.0 Å². The normalized spacial score (nSPS) is 12.1. The number of nitrogens with two attached hydrogens (primary N) is 1. The molecular formula is C14H16N4O. The highest BCUT2D eigenvalue weighted by Crippen LogP contribution is 2.20. The van der Waals surface area contributed by atoms with Gasteiger partial charge in [-0.05, 0) is 24.1 Å². The van der Waals surface area contributed by atoms with Crippen molar-refractivity contribution in [3.8, 4) is 17.3 Å². The molecule has 2 rings (SSSR count). The van der Waals surface area contributed by atoms with Crippen LogP contribution in [-0.2, 0) is 4.74 Å². The summed E-state index contributed by atoms with van der Waals surface area (Å²) in [6.07, 6.45) is 2.47. The summed E-state index contributed by atoms with van der Waals surface area (Å²) in [4.78, 5) is 7.49. The van der Waals surface area contributed by atoms with Gasteiger partial charge in [-0.25, -0.2) is 4.98 Å². The molecule has 2 aromatic rings. The summed E-state index contributed by atoms with van der Waals surface area (Å²) in [5.74, 6) is 0.747. The molecule has 0 fully saturated rings. The Kier molecular flexibility index (Phi) is 4.29. The summed E-state index contributed by atoms with van der Waals surface area (Å²) in [5, 5.41) is 8.76. The Morgan fingerprint density at radius 3 is 2.79 bits per heavy atom. The van der Waals surface area contributed by atoms with Gasteiger partial charge in [0.05, 0.1) is 29.6 Å². The number of methoxy groups -OCH3 is 1. The van der Waals surface area contributed by atoms with E-state index in [1.807, 2.05) is 12.1 Å². The van der Waals surface area contributed by atoms with E-state index in [9.17, 15) is 0 Å². The zero-order valence-electron chi connectivity index (χ0n) is 10.8. The van der Waals surface area contributed by atoms with Gasteiger partial charge >= 0.3 is 0 Å². The molecule has 0 spiro atoms. The highest BCUT2D eigenvalue weighted by molar-refractivity contribution is 5.59. The second-order valence-electron chi connectivity index (χ2n) is 4.26. The molecule has 0 aliphatic heterocycles. The van der Waals surface area contributed by atoms with Gasteiger partial charge in [0, 0.05) is 13.7 Å². The topological polar surface area (TPSA) is 87.7 Å². The molecule has 3 N–H and O–H groups in total. The number of benzene rings is 1. The fraction of sp³-hybridized carbons (Fsp3) is 0.286. The lowest BCUT2D eigenvalue weighted by atomic mass is 10.1. The SMILES string of the molecule is COCCC(N)c1ncc(-c2ccc(C#N)cc2)[nH]1. The van der Waals surface area contributed by atoms with Gasteiger partial charge in [-0.15, -0.1) is 0 Å². The second-order valence-corrected chi connectivity index (χ2v) is 4.26. The summed E-state index contributed by atoms with van der Waals surface area (Å²) < 4.78 is 5.00. The second kappa shape index (κ2) is 6.14. The number of hydrogen-bond donors (Lipinski definition) is 2. The number of imidazole rings is 1. The zero-order valence-corrected chi connectivity index (χ0v) is 10.8. The third-order valence-corrected chi connectivity index (χ3v) is 2.90. The van der Waals surface area contributed by atoms with E-state index in [1.54, 1.807) is 25.4 Å². The van der Waals surface area contributed by atoms with Crippen LogP contribution in [0.1, 0.15) is 23.9 Å².